The second-order valence-electron chi connectivity index (χ2n) is 5.52. The van der Waals surface area contributed by atoms with Gasteiger partial charge in [-0.15, -0.1) is 0 Å². The third-order valence-corrected chi connectivity index (χ3v) is 3.49. The molecule has 0 aliphatic rings. The molecule has 0 unspecified atom stereocenters. The summed E-state index contributed by atoms with van der Waals surface area (Å²) in [7, 11) is 3.85. The van der Waals surface area contributed by atoms with Gasteiger partial charge in [-0.1, -0.05) is 42.5 Å². The number of carbonyl (C=O) groups is 2. The van der Waals surface area contributed by atoms with Gasteiger partial charge in [-0.2, -0.15) is 5.26 Å². The van der Waals surface area contributed by atoms with Gasteiger partial charge in [-0.05, 0) is 23.8 Å². The molecule has 5 nitrogen and oxygen atoms in total. The van der Waals surface area contributed by atoms with Crippen LogP contribution in [0.25, 0.3) is 6.08 Å². The Bertz CT molecular complexity index is 816. The number of Topliss-reactive ketones (excluding diaryl/α,β-unsaturated/α-hetero) is 1. The summed E-state index contributed by atoms with van der Waals surface area (Å²) in [4.78, 5) is 25.9. The molecule has 25 heavy (non-hydrogen) atoms. The molecule has 5 heteroatoms. The van der Waals surface area contributed by atoms with Gasteiger partial charge >= 0.3 is 5.97 Å². The highest BCUT2D eigenvalue weighted by Gasteiger charge is 2.14. The maximum Gasteiger partial charge on any atom is 0.349 e. The van der Waals surface area contributed by atoms with Gasteiger partial charge in [0.15, 0.2) is 12.4 Å². The predicted molar refractivity (Wildman–Crippen MR) is 96.1 cm³/mol. The van der Waals surface area contributed by atoms with Crippen LogP contribution in [-0.4, -0.2) is 32.5 Å². The molecule has 2 aromatic carbocycles. The number of carbonyl (C=O) groups excluding carboxylic acids is 2. The van der Waals surface area contributed by atoms with Crippen molar-refractivity contribution in [3.05, 3.63) is 71.3 Å². The summed E-state index contributed by atoms with van der Waals surface area (Å²) in [5.41, 5.74) is 2.01. The van der Waals surface area contributed by atoms with Crippen molar-refractivity contribution in [3.8, 4) is 6.07 Å². The van der Waals surface area contributed by atoms with Crippen LogP contribution in [0.2, 0.25) is 0 Å². The predicted octanol–water partition coefficient (Wildman–Crippen LogP) is 3.09. The Hall–Kier alpha value is -3.39. The van der Waals surface area contributed by atoms with E-state index >= 15 is 0 Å². The summed E-state index contributed by atoms with van der Waals surface area (Å²) >= 11 is 0. The second-order valence-corrected chi connectivity index (χ2v) is 5.52. The molecule has 0 bridgehead atoms. The summed E-state index contributed by atoms with van der Waals surface area (Å²) in [5, 5.41) is 9.17. The van der Waals surface area contributed by atoms with E-state index in [1.54, 1.807) is 42.5 Å². The first-order valence-corrected chi connectivity index (χ1v) is 7.66. The summed E-state index contributed by atoms with van der Waals surface area (Å²) in [5.74, 6) is -1.13. The van der Waals surface area contributed by atoms with E-state index in [1.807, 2.05) is 37.2 Å². The molecule has 2 aromatic rings. The molecular weight excluding hydrogens is 316 g/mol. The first-order chi connectivity index (χ1) is 12.0. The molecule has 0 aromatic heterocycles. The number of benzene rings is 2. The molecule has 0 saturated heterocycles. The average molecular weight is 334 g/mol. The van der Waals surface area contributed by atoms with E-state index in [9.17, 15) is 14.9 Å². The number of nitriles is 1. The van der Waals surface area contributed by atoms with Crippen molar-refractivity contribution in [3.63, 3.8) is 0 Å². The van der Waals surface area contributed by atoms with Crippen molar-refractivity contribution in [2.75, 3.05) is 25.6 Å². The van der Waals surface area contributed by atoms with Crippen molar-refractivity contribution in [2.45, 2.75) is 0 Å². The van der Waals surface area contributed by atoms with Crippen LogP contribution in [0.5, 0.6) is 0 Å². The highest BCUT2D eigenvalue weighted by atomic mass is 16.5. The molecule has 0 aliphatic heterocycles. The van der Waals surface area contributed by atoms with Crippen LogP contribution in [0.3, 0.4) is 0 Å². The van der Waals surface area contributed by atoms with Gasteiger partial charge in [0.2, 0.25) is 0 Å². The summed E-state index contributed by atoms with van der Waals surface area (Å²) in [6.45, 7) is -0.401. The first kappa shape index (κ1) is 18.0. The fourth-order valence-corrected chi connectivity index (χ4v) is 2.09. The SMILES string of the molecule is CN(C)c1ccc(/C=C(\C#N)C(=O)OCC(=O)c2ccccc2)cc1. The number of hydrogen-bond acceptors (Lipinski definition) is 5. The van der Waals surface area contributed by atoms with E-state index in [4.69, 9.17) is 4.74 Å². The Labute approximate surface area is 146 Å². The highest BCUT2D eigenvalue weighted by Crippen LogP contribution is 2.15. The molecule has 0 fully saturated rings. The minimum absolute atomic E-state index is 0.154. The number of esters is 1. The second kappa shape index (κ2) is 8.46. The standard InChI is InChI=1S/C20H18N2O3/c1-22(2)18-10-8-15(9-11-18)12-17(13-21)20(24)25-14-19(23)16-6-4-3-5-7-16/h3-12H,14H2,1-2H3/b17-12+. The van der Waals surface area contributed by atoms with Crippen LogP contribution >= 0.6 is 0 Å². The van der Waals surface area contributed by atoms with Crippen molar-refractivity contribution in [1.82, 2.24) is 0 Å². The lowest BCUT2D eigenvalue weighted by molar-refractivity contribution is -0.137. The van der Waals surface area contributed by atoms with Crippen LogP contribution in [-0.2, 0) is 9.53 Å². The Morgan fingerprint density at radius 2 is 1.72 bits per heavy atom. The van der Waals surface area contributed by atoms with Gasteiger partial charge in [0.05, 0.1) is 0 Å². The van der Waals surface area contributed by atoms with Crippen LogP contribution < -0.4 is 4.90 Å². The first-order valence-electron chi connectivity index (χ1n) is 7.66. The van der Waals surface area contributed by atoms with E-state index in [1.165, 1.54) is 6.08 Å². The zero-order valence-corrected chi connectivity index (χ0v) is 14.1. The number of rotatable bonds is 6. The molecule has 126 valence electrons. The zero-order valence-electron chi connectivity index (χ0n) is 14.1. The number of ether oxygens (including phenoxy) is 1. The quantitative estimate of drug-likeness (QED) is 0.351. The monoisotopic (exact) mass is 334 g/mol. The highest BCUT2D eigenvalue weighted by molar-refractivity contribution is 6.01. The minimum Gasteiger partial charge on any atom is -0.453 e. The number of anilines is 1. The lowest BCUT2D eigenvalue weighted by atomic mass is 10.1. The van der Waals surface area contributed by atoms with E-state index < -0.39 is 12.6 Å². The summed E-state index contributed by atoms with van der Waals surface area (Å²) in [6, 6.07) is 17.7. The number of ketones is 1. The lowest BCUT2D eigenvalue weighted by Crippen LogP contribution is -2.15. The topological polar surface area (TPSA) is 70.4 Å². The molecule has 0 amide bonds. The fourth-order valence-electron chi connectivity index (χ4n) is 2.09. The lowest BCUT2D eigenvalue weighted by Gasteiger charge is -2.11. The third kappa shape index (κ3) is 5.05. The summed E-state index contributed by atoms with van der Waals surface area (Å²) in [6.07, 6.45) is 1.44. The molecule has 0 heterocycles. The molecule has 2 rings (SSSR count). The van der Waals surface area contributed by atoms with E-state index in [0.29, 0.717) is 11.1 Å². The fraction of sp³-hybridized carbons (Fsp3) is 0.150. The maximum atomic E-state index is 12.0. The van der Waals surface area contributed by atoms with Gasteiger partial charge in [-0.3, -0.25) is 4.79 Å². The van der Waals surface area contributed by atoms with Crippen LogP contribution in [0.1, 0.15) is 15.9 Å². The van der Waals surface area contributed by atoms with E-state index in [-0.39, 0.29) is 11.4 Å². The van der Waals surface area contributed by atoms with E-state index in [2.05, 4.69) is 0 Å². The molecular formula is C20H18N2O3. The average Bonchev–Trinajstić information content (AvgIpc) is 2.64. The third-order valence-electron chi connectivity index (χ3n) is 3.49. The Balaban J connectivity index is 2.03. The zero-order chi connectivity index (χ0) is 18.2. The molecule has 0 aliphatic carbocycles. The molecule has 0 spiro atoms. The van der Waals surface area contributed by atoms with E-state index in [0.717, 1.165) is 5.69 Å². The molecule has 0 saturated carbocycles. The largest absolute Gasteiger partial charge is 0.453 e. The van der Waals surface area contributed by atoms with Crippen LogP contribution in [0.4, 0.5) is 5.69 Å². The smallest absolute Gasteiger partial charge is 0.349 e. The van der Waals surface area contributed by atoms with Crippen LogP contribution in [0.15, 0.2) is 60.2 Å². The Kier molecular flexibility index (Phi) is 6.08. The van der Waals surface area contributed by atoms with Crippen molar-refractivity contribution >= 4 is 23.5 Å². The Morgan fingerprint density at radius 1 is 1.08 bits per heavy atom. The number of nitrogens with zero attached hydrogens (tertiary/aromatic N) is 2. The minimum atomic E-state index is -0.816. The van der Waals surface area contributed by atoms with Crippen molar-refractivity contribution in [2.24, 2.45) is 0 Å². The number of hydrogen-bond donors (Lipinski definition) is 0. The Morgan fingerprint density at radius 3 is 2.28 bits per heavy atom. The van der Waals surface area contributed by atoms with Crippen molar-refractivity contribution < 1.29 is 14.3 Å². The van der Waals surface area contributed by atoms with Gasteiger partial charge < -0.3 is 9.64 Å². The maximum absolute atomic E-state index is 12.0. The van der Waals surface area contributed by atoms with Crippen molar-refractivity contribution in [1.29, 1.82) is 5.26 Å². The van der Waals surface area contributed by atoms with Gasteiger partial charge in [0.25, 0.3) is 0 Å². The molecule has 0 atom stereocenters. The molecule has 0 N–H and O–H groups in total. The normalized spacial score (nSPS) is 10.7. The van der Waals surface area contributed by atoms with Crippen LogP contribution in [0, 0.1) is 11.3 Å². The van der Waals surface area contributed by atoms with Gasteiger partial charge in [-0.25, -0.2) is 4.79 Å². The molecule has 0 radical (unpaired) electrons. The summed E-state index contributed by atoms with van der Waals surface area (Å²) < 4.78 is 4.96. The van der Waals surface area contributed by atoms with Gasteiger partial charge in [0, 0.05) is 25.3 Å². The van der Waals surface area contributed by atoms with Gasteiger partial charge in [0.1, 0.15) is 11.6 Å².